The van der Waals surface area contributed by atoms with Crippen LogP contribution in [-0.2, 0) is 6.54 Å². The average Bonchev–Trinajstić information content (AvgIpc) is 3.19. The van der Waals surface area contributed by atoms with Gasteiger partial charge in [-0.2, -0.15) is 9.97 Å². The summed E-state index contributed by atoms with van der Waals surface area (Å²) in [5.41, 5.74) is 4.74. The van der Waals surface area contributed by atoms with Gasteiger partial charge in [-0.25, -0.2) is 8.78 Å². The molecule has 7 nitrogen and oxygen atoms in total. The van der Waals surface area contributed by atoms with Gasteiger partial charge in [0.25, 0.3) is 5.92 Å². The maximum absolute atomic E-state index is 13.9. The normalized spacial score (nSPS) is 20.8. The molecule has 1 N–H and O–H groups in total. The lowest BCUT2D eigenvalue weighted by Gasteiger charge is -2.27. The predicted octanol–water partition coefficient (Wildman–Crippen LogP) is 4.10. The van der Waals surface area contributed by atoms with E-state index in [0.29, 0.717) is 28.9 Å². The van der Waals surface area contributed by atoms with E-state index >= 15 is 0 Å². The Hall–Kier alpha value is -2.39. The summed E-state index contributed by atoms with van der Waals surface area (Å²) >= 11 is 6.36. The number of aromatic nitrogens is 2. The second-order valence-corrected chi connectivity index (χ2v) is 8.42. The lowest BCUT2D eigenvalue weighted by molar-refractivity contribution is 0.0256. The number of benzene rings is 1. The van der Waals surface area contributed by atoms with Crippen LogP contribution in [0.2, 0.25) is 5.02 Å². The van der Waals surface area contributed by atoms with E-state index in [-0.39, 0.29) is 31.6 Å². The second kappa shape index (κ2) is 7.39. The molecule has 1 aromatic carbocycles. The fraction of sp³-hybridized carbons (Fsp3) is 0.500. The fourth-order valence-corrected chi connectivity index (χ4v) is 4.07. The zero-order chi connectivity index (χ0) is 20.9. The number of nitrogens with zero attached hydrogens (tertiary/aromatic N) is 5. The van der Waals surface area contributed by atoms with E-state index in [0.717, 1.165) is 24.8 Å². The molecule has 3 aliphatic rings. The molecule has 30 heavy (non-hydrogen) atoms. The number of nitrogens with one attached hydrogen (secondary N) is 1. The van der Waals surface area contributed by atoms with Crippen LogP contribution >= 0.6 is 11.6 Å². The van der Waals surface area contributed by atoms with Gasteiger partial charge in [-0.3, -0.25) is 10.4 Å². The highest BCUT2D eigenvalue weighted by Crippen LogP contribution is 2.43. The van der Waals surface area contributed by atoms with Crippen LogP contribution in [-0.4, -0.2) is 47.2 Å². The van der Waals surface area contributed by atoms with Gasteiger partial charge in [0, 0.05) is 25.0 Å². The summed E-state index contributed by atoms with van der Waals surface area (Å²) in [5, 5.41) is 4.33. The average molecular weight is 437 g/mol. The number of hydrazine groups is 2. The van der Waals surface area contributed by atoms with Gasteiger partial charge < -0.3 is 9.64 Å². The first-order valence-corrected chi connectivity index (χ1v) is 10.5. The van der Waals surface area contributed by atoms with E-state index in [2.05, 4.69) is 15.4 Å². The molecule has 3 heterocycles. The molecule has 0 radical (unpaired) electrons. The molecule has 0 atom stereocenters. The third-order valence-corrected chi connectivity index (χ3v) is 6.17. The van der Waals surface area contributed by atoms with E-state index < -0.39 is 5.92 Å². The van der Waals surface area contributed by atoms with Crippen LogP contribution in [0.5, 0.6) is 6.01 Å². The molecule has 2 fully saturated rings. The highest BCUT2D eigenvalue weighted by atomic mass is 35.5. The molecule has 10 heteroatoms. The Morgan fingerprint density at radius 2 is 2.00 bits per heavy atom. The molecule has 160 valence electrons. The van der Waals surface area contributed by atoms with E-state index in [1.807, 2.05) is 36.3 Å². The van der Waals surface area contributed by atoms with Gasteiger partial charge in [-0.1, -0.05) is 29.8 Å². The number of alkyl halides is 2. The van der Waals surface area contributed by atoms with E-state index in [1.165, 1.54) is 0 Å². The Balaban J connectivity index is 1.52. The predicted molar refractivity (Wildman–Crippen MR) is 111 cm³/mol. The summed E-state index contributed by atoms with van der Waals surface area (Å²) < 4.78 is 33.8. The minimum Gasteiger partial charge on any atom is -0.460 e. The number of rotatable bonds is 5. The Morgan fingerprint density at radius 3 is 2.67 bits per heavy atom. The standard InChI is InChI=1S/C20H23ClF2N6O/c1-27-26-16-17(28-10-9-20(22,23)12-28)24-19(30-14-6-4-7-14)25-18(16)29(27)11-13-5-2-3-8-15(13)21/h2-3,5,8,14,26H,4,6-7,9-12H2,1H3. The third kappa shape index (κ3) is 3.60. The molecule has 2 aliphatic heterocycles. The fourth-order valence-electron chi connectivity index (χ4n) is 3.87. The van der Waals surface area contributed by atoms with Crippen LogP contribution in [0, 0.1) is 0 Å². The maximum Gasteiger partial charge on any atom is 0.320 e. The van der Waals surface area contributed by atoms with Gasteiger partial charge in [-0.15, -0.1) is 5.12 Å². The smallest absolute Gasteiger partial charge is 0.320 e. The zero-order valence-electron chi connectivity index (χ0n) is 16.6. The number of ether oxygens (including phenoxy) is 1. The molecule has 2 aromatic rings. The Morgan fingerprint density at radius 1 is 1.23 bits per heavy atom. The van der Waals surface area contributed by atoms with Gasteiger partial charge in [0.1, 0.15) is 11.8 Å². The van der Waals surface area contributed by atoms with E-state index in [1.54, 1.807) is 10.0 Å². The number of anilines is 3. The summed E-state index contributed by atoms with van der Waals surface area (Å²) in [6.45, 7) is 0.329. The molecular formula is C20H23ClF2N6O. The van der Waals surface area contributed by atoms with Crippen molar-refractivity contribution < 1.29 is 13.5 Å². The first kappa shape index (κ1) is 19.6. The topological polar surface area (TPSA) is 56.8 Å². The first-order valence-electron chi connectivity index (χ1n) is 10.1. The quantitative estimate of drug-likeness (QED) is 0.757. The lowest BCUT2D eigenvalue weighted by Crippen LogP contribution is -2.38. The number of hydrogen-bond donors (Lipinski definition) is 1. The molecule has 1 saturated heterocycles. The van der Waals surface area contributed by atoms with Crippen LogP contribution in [0.25, 0.3) is 0 Å². The van der Waals surface area contributed by atoms with Crippen LogP contribution in [0.1, 0.15) is 31.2 Å². The van der Waals surface area contributed by atoms with Gasteiger partial charge in [0.15, 0.2) is 11.6 Å². The largest absolute Gasteiger partial charge is 0.460 e. The zero-order valence-corrected chi connectivity index (χ0v) is 17.4. The van der Waals surface area contributed by atoms with Crippen LogP contribution in [0.4, 0.5) is 26.1 Å². The molecular weight excluding hydrogens is 414 g/mol. The van der Waals surface area contributed by atoms with Crippen molar-refractivity contribution in [2.24, 2.45) is 0 Å². The Bertz CT molecular complexity index is 957. The SMILES string of the molecule is CN1Nc2c(N3CCC(F)(F)C3)nc(OC3CCC3)nc2N1Cc1ccccc1Cl. The highest BCUT2D eigenvalue weighted by Gasteiger charge is 2.42. The Kier molecular flexibility index (Phi) is 4.82. The first-order chi connectivity index (χ1) is 14.4. The van der Waals surface area contributed by atoms with Gasteiger partial charge in [0.2, 0.25) is 0 Å². The van der Waals surface area contributed by atoms with Crippen molar-refractivity contribution in [3.05, 3.63) is 34.9 Å². The summed E-state index contributed by atoms with van der Waals surface area (Å²) in [4.78, 5) is 10.8. The third-order valence-electron chi connectivity index (χ3n) is 5.80. The number of hydrogen-bond acceptors (Lipinski definition) is 7. The minimum atomic E-state index is -2.73. The van der Waals surface area contributed by atoms with Gasteiger partial charge in [0.05, 0.1) is 13.1 Å². The minimum absolute atomic E-state index is 0.0834. The second-order valence-electron chi connectivity index (χ2n) is 8.01. The van der Waals surface area contributed by atoms with Crippen molar-refractivity contribution in [1.82, 2.24) is 15.1 Å². The van der Waals surface area contributed by atoms with Crippen LogP contribution in [0.3, 0.4) is 0 Å². The lowest BCUT2D eigenvalue weighted by atomic mass is 9.96. The van der Waals surface area contributed by atoms with Crippen molar-refractivity contribution in [3.63, 3.8) is 0 Å². The summed E-state index contributed by atoms with van der Waals surface area (Å²) in [7, 11) is 1.84. The number of fused-ring (bicyclic) bond motifs is 1. The van der Waals surface area contributed by atoms with Crippen molar-refractivity contribution in [1.29, 1.82) is 0 Å². The molecule has 0 unspecified atom stereocenters. The van der Waals surface area contributed by atoms with Crippen molar-refractivity contribution in [2.75, 3.05) is 35.5 Å². The van der Waals surface area contributed by atoms with Gasteiger partial charge in [-0.05, 0) is 30.9 Å². The maximum atomic E-state index is 13.9. The molecule has 1 saturated carbocycles. The van der Waals surface area contributed by atoms with Crippen LogP contribution in [0.15, 0.2) is 24.3 Å². The van der Waals surface area contributed by atoms with Gasteiger partial charge >= 0.3 is 6.01 Å². The molecule has 1 aliphatic carbocycles. The molecule has 0 spiro atoms. The highest BCUT2D eigenvalue weighted by molar-refractivity contribution is 6.31. The van der Waals surface area contributed by atoms with Crippen LogP contribution < -0.4 is 20.1 Å². The van der Waals surface area contributed by atoms with Crippen molar-refractivity contribution >= 4 is 28.9 Å². The summed E-state index contributed by atoms with van der Waals surface area (Å²) in [6, 6.07) is 7.82. The molecule has 5 rings (SSSR count). The molecule has 1 aromatic heterocycles. The number of halogens is 3. The van der Waals surface area contributed by atoms with E-state index in [9.17, 15) is 8.78 Å². The van der Waals surface area contributed by atoms with Crippen molar-refractivity contribution in [2.45, 2.75) is 44.3 Å². The monoisotopic (exact) mass is 436 g/mol. The summed E-state index contributed by atoms with van der Waals surface area (Å²) in [5.74, 6) is -1.69. The van der Waals surface area contributed by atoms with E-state index in [4.69, 9.17) is 16.3 Å². The Labute approximate surface area is 178 Å². The molecule has 0 bridgehead atoms. The van der Waals surface area contributed by atoms with Crippen molar-refractivity contribution in [3.8, 4) is 6.01 Å². The summed E-state index contributed by atoms with van der Waals surface area (Å²) in [6.07, 6.45) is 2.92. The molecule has 0 amide bonds.